The van der Waals surface area contributed by atoms with Crippen molar-refractivity contribution in [3.63, 3.8) is 0 Å². The Kier molecular flexibility index (Phi) is 4.86. The van der Waals surface area contributed by atoms with E-state index in [9.17, 15) is 0 Å². The van der Waals surface area contributed by atoms with E-state index in [1.54, 1.807) is 26.4 Å². The number of hydrogen-bond acceptors (Lipinski definition) is 6. The Balaban J connectivity index is 1.71. The molecule has 0 spiro atoms. The summed E-state index contributed by atoms with van der Waals surface area (Å²) >= 11 is 6.10. The molecule has 0 aliphatic rings. The number of ether oxygens (including phenoxy) is 2. The molecule has 1 aromatic heterocycles. The molecule has 0 bridgehead atoms. The van der Waals surface area contributed by atoms with Gasteiger partial charge in [-0.15, -0.1) is 0 Å². The van der Waals surface area contributed by atoms with E-state index < -0.39 is 0 Å². The minimum atomic E-state index is 0.380. The molecule has 0 atom stereocenters. The van der Waals surface area contributed by atoms with Crippen LogP contribution in [0.2, 0.25) is 5.02 Å². The number of halogens is 1. The number of nitrogens with zero attached hydrogens (tertiary/aromatic N) is 2. The van der Waals surface area contributed by atoms with Crippen molar-refractivity contribution in [3.05, 3.63) is 53.4 Å². The summed E-state index contributed by atoms with van der Waals surface area (Å²) in [5.74, 6) is 2.26. The Labute approximate surface area is 144 Å². The number of benzene rings is 2. The predicted molar refractivity (Wildman–Crippen MR) is 91.6 cm³/mol. The smallest absolute Gasteiger partial charge is 0.246 e. The van der Waals surface area contributed by atoms with Gasteiger partial charge in [-0.3, -0.25) is 0 Å². The Hall–Kier alpha value is -2.73. The van der Waals surface area contributed by atoms with Crippen molar-refractivity contribution in [1.82, 2.24) is 10.1 Å². The third-order valence-corrected chi connectivity index (χ3v) is 3.71. The highest BCUT2D eigenvalue weighted by Crippen LogP contribution is 2.28. The van der Waals surface area contributed by atoms with Crippen molar-refractivity contribution in [2.24, 2.45) is 0 Å². The second-order valence-electron chi connectivity index (χ2n) is 4.91. The molecule has 1 heterocycles. The van der Waals surface area contributed by atoms with Crippen LogP contribution in [-0.2, 0) is 6.54 Å². The van der Waals surface area contributed by atoms with Gasteiger partial charge in [-0.25, -0.2) is 0 Å². The summed E-state index contributed by atoms with van der Waals surface area (Å²) in [4.78, 5) is 4.38. The molecule has 3 rings (SSSR count). The molecule has 0 saturated carbocycles. The molecule has 0 unspecified atom stereocenters. The van der Waals surface area contributed by atoms with Gasteiger partial charge in [0.15, 0.2) is 0 Å². The molecule has 0 aliphatic heterocycles. The van der Waals surface area contributed by atoms with E-state index in [2.05, 4.69) is 15.5 Å². The van der Waals surface area contributed by atoms with Crippen molar-refractivity contribution in [2.75, 3.05) is 19.5 Å². The molecule has 124 valence electrons. The summed E-state index contributed by atoms with van der Waals surface area (Å²) in [6, 6.07) is 12.9. The van der Waals surface area contributed by atoms with E-state index in [0.717, 1.165) is 11.3 Å². The van der Waals surface area contributed by atoms with Gasteiger partial charge in [-0.1, -0.05) is 28.9 Å². The van der Waals surface area contributed by atoms with Gasteiger partial charge in [-0.05, 0) is 30.3 Å². The van der Waals surface area contributed by atoms with Gasteiger partial charge in [0.25, 0.3) is 0 Å². The Morgan fingerprint density at radius 1 is 1.08 bits per heavy atom. The van der Waals surface area contributed by atoms with E-state index in [4.69, 9.17) is 25.6 Å². The van der Waals surface area contributed by atoms with Crippen LogP contribution in [0.5, 0.6) is 11.5 Å². The summed E-state index contributed by atoms with van der Waals surface area (Å²) in [7, 11) is 3.18. The minimum Gasteiger partial charge on any atom is -0.496 e. The minimum absolute atomic E-state index is 0.380. The molecule has 7 heteroatoms. The second-order valence-corrected chi connectivity index (χ2v) is 5.32. The number of methoxy groups -OCH3 is 2. The van der Waals surface area contributed by atoms with Crippen molar-refractivity contribution >= 4 is 17.3 Å². The zero-order valence-electron chi connectivity index (χ0n) is 13.2. The third-order valence-electron chi connectivity index (χ3n) is 3.41. The quantitative estimate of drug-likeness (QED) is 0.727. The van der Waals surface area contributed by atoms with Crippen molar-refractivity contribution in [3.8, 4) is 22.9 Å². The Morgan fingerprint density at radius 2 is 1.88 bits per heavy atom. The molecule has 0 fully saturated rings. The van der Waals surface area contributed by atoms with Crippen LogP contribution in [0.15, 0.2) is 47.0 Å². The van der Waals surface area contributed by atoms with Gasteiger partial charge in [0.2, 0.25) is 11.7 Å². The number of rotatable bonds is 6. The molecule has 3 aromatic rings. The average Bonchev–Trinajstić information content (AvgIpc) is 3.09. The van der Waals surface area contributed by atoms with Gasteiger partial charge >= 0.3 is 0 Å². The first kappa shape index (κ1) is 16.1. The summed E-state index contributed by atoms with van der Waals surface area (Å²) in [5.41, 5.74) is 1.61. The molecule has 2 aromatic carbocycles. The predicted octanol–water partition coefficient (Wildman–Crippen LogP) is 4.02. The van der Waals surface area contributed by atoms with Gasteiger partial charge in [0, 0.05) is 5.69 Å². The monoisotopic (exact) mass is 345 g/mol. The lowest BCUT2D eigenvalue weighted by molar-refractivity contribution is 0.383. The molecular weight excluding hydrogens is 330 g/mol. The first-order chi connectivity index (χ1) is 11.7. The van der Waals surface area contributed by atoms with E-state index in [-0.39, 0.29) is 0 Å². The Bertz CT molecular complexity index is 835. The number of anilines is 1. The normalized spacial score (nSPS) is 10.5. The zero-order valence-corrected chi connectivity index (χ0v) is 14.0. The van der Waals surface area contributed by atoms with Crippen LogP contribution >= 0.6 is 11.6 Å². The van der Waals surface area contributed by atoms with E-state index in [1.165, 1.54) is 0 Å². The summed E-state index contributed by atoms with van der Waals surface area (Å²) in [6.07, 6.45) is 0. The SMILES string of the molecule is COc1ccc(NCc2nc(-c3ccccc3OC)no2)cc1Cl. The molecule has 0 aliphatic carbocycles. The van der Waals surface area contributed by atoms with Crippen LogP contribution in [0.3, 0.4) is 0 Å². The number of aromatic nitrogens is 2. The fourth-order valence-electron chi connectivity index (χ4n) is 2.22. The molecule has 6 nitrogen and oxygen atoms in total. The molecular formula is C17H16ClN3O3. The van der Waals surface area contributed by atoms with E-state index in [1.807, 2.05) is 30.3 Å². The van der Waals surface area contributed by atoms with Crippen LogP contribution in [-0.4, -0.2) is 24.4 Å². The topological polar surface area (TPSA) is 69.4 Å². The molecule has 0 saturated heterocycles. The van der Waals surface area contributed by atoms with Crippen molar-refractivity contribution < 1.29 is 14.0 Å². The lowest BCUT2D eigenvalue weighted by Crippen LogP contribution is -2.00. The first-order valence-electron chi connectivity index (χ1n) is 7.24. The molecule has 24 heavy (non-hydrogen) atoms. The van der Waals surface area contributed by atoms with E-state index >= 15 is 0 Å². The van der Waals surface area contributed by atoms with Gasteiger partial charge in [0.05, 0.1) is 31.4 Å². The highest BCUT2D eigenvalue weighted by atomic mass is 35.5. The van der Waals surface area contributed by atoms with Crippen LogP contribution in [0, 0.1) is 0 Å². The highest BCUT2D eigenvalue weighted by Gasteiger charge is 2.12. The number of nitrogens with one attached hydrogen (secondary N) is 1. The van der Waals surface area contributed by atoms with E-state index in [0.29, 0.717) is 34.8 Å². The van der Waals surface area contributed by atoms with Crippen molar-refractivity contribution in [1.29, 1.82) is 0 Å². The van der Waals surface area contributed by atoms with Crippen LogP contribution in [0.1, 0.15) is 5.89 Å². The highest BCUT2D eigenvalue weighted by molar-refractivity contribution is 6.32. The number of hydrogen-bond donors (Lipinski definition) is 1. The lowest BCUT2D eigenvalue weighted by Gasteiger charge is -2.07. The molecule has 1 N–H and O–H groups in total. The zero-order chi connectivity index (χ0) is 16.9. The first-order valence-corrected chi connectivity index (χ1v) is 7.62. The third kappa shape index (κ3) is 3.44. The van der Waals surface area contributed by atoms with Gasteiger partial charge in [0.1, 0.15) is 11.5 Å². The fourth-order valence-corrected chi connectivity index (χ4v) is 2.48. The van der Waals surface area contributed by atoms with Gasteiger partial charge in [-0.2, -0.15) is 4.98 Å². The van der Waals surface area contributed by atoms with Crippen LogP contribution < -0.4 is 14.8 Å². The largest absolute Gasteiger partial charge is 0.496 e. The Morgan fingerprint density at radius 3 is 2.62 bits per heavy atom. The maximum atomic E-state index is 6.10. The number of para-hydroxylation sites is 1. The lowest BCUT2D eigenvalue weighted by atomic mass is 10.2. The summed E-state index contributed by atoms with van der Waals surface area (Å²) in [5, 5.41) is 7.71. The summed E-state index contributed by atoms with van der Waals surface area (Å²) in [6.45, 7) is 0.380. The summed E-state index contributed by atoms with van der Waals surface area (Å²) < 4.78 is 15.7. The average molecular weight is 346 g/mol. The van der Waals surface area contributed by atoms with Crippen LogP contribution in [0.25, 0.3) is 11.4 Å². The fraction of sp³-hybridized carbons (Fsp3) is 0.176. The molecule has 0 radical (unpaired) electrons. The standard InChI is InChI=1S/C17H16ClN3O3/c1-22-14-6-4-3-5-12(14)17-20-16(24-21-17)10-19-11-7-8-15(23-2)13(18)9-11/h3-9,19H,10H2,1-2H3. The maximum absolute atomic E-state index is 6.10. The second kappa shape index (κ2) is 7.23. The van der Waals surface area contributed by atoms with Crippen LogP contribution in [0.4, 0.5) is 5.69 Å². The maximum Gasteiger partial charge on any atom is 0.246 e. The van der Waals surface area contributed by atoms with Crippen molar-refractivity contribution in [2.45, 2.75) is 6.54 Å². The molecule has 0 amide bonds. The van der Waals surface area contributed by atoms with Gasteiger partial charge < -0.3 is 19.3 Å².